The zero-order chi connectivity index (χ0) is 21.2. The Hall–Kier alpha value is -2.39. The van der Waals surface area contributed by atoms with Gasteiger partial charge in [-0.25, -0.2) is 16.8 Å². The second kappa shape index (κ2) is 8.16. The van der Waals surface area contributed by atoms with Crippen LogP contribution in [0.1, 0.15) is 30.6 Å². The average molecular weight is 438 g/mol. The molecule has 0 spiro atoms. The molecular formula is C20H23NO6S2. The molecule has 0 bridgehead atoms. The smallest absolute Gasteiger partial charge is 0.255 e. The van der Waals surface area contributed by atoms with E-state index in [0.717, 1.165) is 0 Å². The number of hydrogen-bond donors (Lipinski definition) is 1. The molecule has 1 N–H and O–H groups in total. The predicted molar refractivity (Wildman–Crippen MR) is 111 cm³/mol. The second-order valence-corrected chi connectivity index (χ2v) is 11.7. The minimum absolute atomic E-state index is 0.0370. The molecule has 0 saturated carbocycles. The van der Waals surface area contributed by atoms with E-state index in [9.17, 15) is 21.6 Å². The molecule has 2 aromatic carbocycles. The summed E-state index contributed by atoms with van der Waals surface area (Å²) >= 11 is 0. The van der Waals surface area contributed by atoms with Crippen molar-refractivity contribution >= 4 is 31.3 Å². The van der Waals surface area contributed by atoms with E-state index in [1.165, 1.54) is 24.3 Å². The van der Waals surface area contributed by atoms with Gasteiger partial charge in [0.2, 0.25) is 0 Å². The van der Waals surface area contributed by atoms with Gasteiger partial charge in [0.15, 0.2) is 19.7 Å². The van der Waals surface area contributed by atoms with Gasteiger partial charge in [-0.2, -0.15) is 0 Å². The van der Waals surface area contributed by atoms with Crippen LogP contribution < -0.4 is 10.1 Å². The normalized spacial score (nSPS) is 18.5. The molecule has 3 rings (SSSR count). The Morgan fingerprint density at radius 2 is 1.83 bits per heavy atom. The minimum atomic E-state index is -3.83. The van der Waals surface area contributed by atoms with Crippen LogP contribution >= 0.6 is 0 Å². The van der Waals surface area contributed by atoms with Crippen molar-refractivity contribution < 1.29 is 26.4 Å². The molecule has 1 atom stereocenters. The third-order valence-corrected chi connectivity index (χ3v) is 8.71. The third kappa shape index (κ3) is 5.16. The number of carbonyl (C=O) groups is 1. The Balaban J connectivity index is 1.76. The number of anilines is 1. The fraction of sp³-hybridized carbons (Fsp3) is 0.350. The van der Waals surface area contributed by atoms with E-state index in [0.29, 0.717) is 11.4 Å². The van der Waals surface area contributed by atoms with Gasteiger partial charge in [-0.1, -0.05) is 6.07 Å². The van der Waals surface area contributed by atoms with Crippen molar-refractivity contribution in [1.82, 2.24) is 0 Å². The Morgan fingerprint density at radius 1 is 1.14 bits per heavy atom. The summed E-state index contributed by atoms with van der Waals surface area (Å²) in [6, 6.07) is 12.5. The molecule has 1 unspecified atom stereocenters. The van der Waals surface area contributed by atoms with Crippen molar-refractivity contribution in [1.29, 1.82) is 0 Å². The van der Waals surface area contributed by atoms with E-state index in [1.54, 1.807) is 24.3 Å². The molecule has 29 heavy (non-hydrogen) atoms. The number of hydrogen-bond acceptors (Lipinski definition) is 6. The summed E-state index contributed by atoms with van der Waals surface area (Å²) in [6.07, 6.45) is 0.112. The summed E-state index contributed by atoms with van der Waals surface area (Å²) in [6.45, 7) is 3.83. The number of nitrogens with one attached hydrogen (secondary N) is 1. The van der Waals surface area contributed by atoms with E-state index >= 15 is 0 Å². The summed E-state index contributed by atoms with van der Waals surface area (Å²) in [5, 5.41) is 1.74. The predicted octanol–water partition coefficient (Wildman–Crippen LogP) is 2.69. The molecule has 0 radical (unpaired) electrons. The first-order valence-electron chi connectivity index (χ1n) is 9.19. The standard InChI is InChI=1S/C20H23NO6S2/c1-14(2)27-17-8-6-16(7-9-17)21-20(22)15-4-3-5-18(12-15)29(25,26)19-10-11-28(23,24)13-19/h3-9,12,14,19H,10-11,13H2,1-2H3,(H,21,22). The number of amides is 1. The number of rotatable bonds is 6. The second-order valence-electron chi connectivity index (χ2n) is 7.24. The van der Waals surface area contributed by atoms with E-state index in [4.69, 9.17) is 4.74 Å². The molecule has 1 aliphatic rings. The largest absolute Gasteiger partial charge is 0.491 e. The Bertz CT molecular complexity index is 1110. The van der Waals surface area contributed by atoms with Crippen molar-refractivity contribution in [3.05, 3.63) is 54.1 Å². The lowest BCUT2D eigenvalue weighted by atomic mass is 10.2. The van der Waals surface area contributed by atoms with Crippen molar-refractivity contribution in [3.8, 4) is 5.75 Å². The van der Waals surface area contributed by atoms with E-state index in [-0.39, 0.29) is 34.5 Å². The summed E-state index contributed by atoms with van der Waals surface area (Å²) in [7, 11) is -7.17. The van der Waals surface area contributed by atoms with Crippen LogP contribution in [0.3, 0.4) is 0 Å². The van der Waals surface area contributed by atoms with Gasteiger partial charge < -0.3 is 10.1 Å². The number of benzene rings is 2. The first-order valence-corrected chi connectivity index (χ1v) is 12.6. The molecule has 156 valence electrons. The van der Waals surface area contributed by atoms with E-state index < -0.39 is 30.8 Å². The first kappa shape index (κ1) is 21.3. The highest BCUT2D eigenvalue weighted by Gasteiger charge is 2.38. The highest BCUT2D eigenvalue weighted by atomic mass is 32.2. The van der Waals surface area contributed by atoms with Gasteiger partial charge >= 0.3 is 0 Å². The molecule has 7 nitrogen and oxygen atoms in total. The van der Waals surface area contributed by atoms with Gasteiger partial charge in [-0.15, -0.1) is 0 Å². The highest BCUT2D eigenvalue weighted by molar-refractivity contribution is 7.96. The SMILES string of the molecule is CC(C)Oc1ccc(NC(=O)c2cccc(S(=O)(=O)C3CCS(=O)(=O)C3)c2)cc1. The molecule has 9 heteroatoms. The van der Waals surface area contributed by atoms with Gasteiger partial charge in [0.05, 0.1) is 27.8 Å². The topological polar surface area (TPSA) is 107 Å². The molecule has 0 aromatic heterocycles. The van der Waals surface area contributed by atoms with E-state index in [1.807, 2.05) is 13.8 Å². The van der Waals surface area contributed by atoms with Crippen LogP contribution in [0.5, 0.6) is 5.75 Å². The number of ether oxygens (including phenoxy) is 1. The van der Waals surface area contributed by atoms with Gasteiger partial charge in [0.1, 0.15) is 5.75 Å². The molecule has 1 aliphatic heterocycles. The monoisotopic (exact) mass is 437 g/mol. The summed E-state index contributed by atoms with van der Waals surface area (Å²) in [5.74, 6) is -0.291. The average Bonchev–Trinajstić information content (AvgIpc) is 3.03. The van der Waals surface area contributed by atoms with Crippen LogP contribution in [0.2, 0.25) is 0 Å². The maximum absolute atomic E-state index is 12.8. The fourth-order valence-electron chi connectivity index (χ4n) is 3.10. The molecule has 0 aliphatic carbocycles. The first-order chi connectivity index (χ1) is 13.6. The van der Waals surface area contributed by atoms with Gasteiger partial charge in [-0.3, -0.25) is 4.79 Å². The summed E-state index contributed by atoms with van der Waals surface area (Å²) in [5.41, 5.74) is 0.718. The quantitative estimate of drug-likeness (QED) is 0.745. The van der Waals surface area contributed by atoms with Gasteiger partial charge in [-0.05, 0) is 62.7 Å². The third-order valence-electron chi connectivity index (χ3n) is 4.54. The Kier molecular flexibility index (Phi) is 6.00. The van der Waals surface area contributed by atoms with Gasteiger partial charge in [0.25, 0.3) is 5.91 Å². The zero-order valence-corrected chi connectivity index (χ0v) is 17.8. The maximum Gasteiger partial charge on any atom is 0.255 e. The molecular weight excluding hydrogens is 414 g/mol. The van der Waals surface area contributed by atoms with Crippen molar-refractivity contribution in [2.24, 2.45) is 0 Å². The number of sulfone groups is 2. The minimum Gasteiger partial charge on any atom is -0.491 e. The van der Waals surface area contributed by atoms with Crippen molar-refractivity contribution in [2.45, 2.75) is 36.5 Å². The zero-order valence-electron chi connectivity index (χ0n) is 16.2. The molecule has 1 heterocycles. The fourth-order valence-corrected chi connectivity index (χ4v) is 7.51. The molecule has 1 saturated heterocycles. The summed E-state index contributed by atoms with van der Waals surface area (Å²) < 4.78 is 54.4. The van der Waals surface area contributed by atoms with Crippen LogP contribution in [-0.2, 0) is 19.7 Å². The Labute approximate surface area is 170 Å². The van der Waals surface area contributed by atoms with Crippen LogP contribution in [0.15, 0.2) is 53.4 Å². The van der Waals surface area contributed by atoms with Crippen LogP contribution in [0.25, 0.3) is 0 Å². The van der Waals surface area contributed by atoms with Crippen LogP contribution in [-0.4, -0.2) is 45.6 Å². The Morgan fingerprint density at radius 3 is 2.41 bits per heavy atom. The van der Waals surface area contributed by atoms with Crippen LogP contribution in [0.4, 0.5) is 5.69 Å². The lowest BCUT2D eigenvalue weighted by molar-refractivity contribution is 0.102. The molecule has 1 fully saturated rings. The lowest BCUT2D eigenvalue weighted by Crippen LogP contribution is -2.23. The lowest BCUT2D eigenvalue weighted by Gasteiger charge is -2.12. The van der Waals surface area contributed by atoms with Crippen LogP contribution in [0, 0.1) is 0 Å². The molecule has 1 amide bonds. The molecule has 2 aromatic rings. The number of carbonyl (C=O) groups excluding carboxylic acids is 1. The highest BCUT2D eigenvalue weighted by Crippen LogP contribution is 2.26. The maximum atomic E-state index is 12.8. The van der Waals surface area contributed by atoms with Gasteiger partial charge in [0, 0.05) is 11.3 Å². The summed E-state index contributed by atoms with van der Waals surface area (Å²) in [4.78, 5) is 12.5. The van der Waals surface area contributed by atoms with Crippen molar-refractivity contribution in [2.75, 3.05) is 16.8 Å². The van der Waals surface area contributed by atoms with Crippen molar-refractivity contribution in [3.63, 3.8) is 0 Å². The van der Waals surface area contributed by atoms with E-state index in [2.05, 4.69) is 5.32 Å².